The molecule has 0 saturated heterocycles. The van der Waals surface area contributed by atoms with E-state index in [1.54, 1.807) is 0 Å². The van der Waals surface area contributed by atoms with E-state index >= 15 is 0 Å². The van der Waals surface area contributed by atoms with Crippen molar-refractivity contribution in [2.75, 3.05) is 18.4 Å². The van der Waals surface area contributed by atoms with Crippen LogP contribution in [-0.2, 0) is 16.6 Å². The molecule has 0 saturated carbocycles. The Kier molecular flexibility index (Phi) is 6.89. The van der Waals surface area contributed by atoms with Crippen LogP contribution in [0.15, 0.2) is 48.5 Å². The first-order valence-electron chi connectivity index (χ1n) is 8.70. The van der Waals surface area contributed by atoms with Crippen LogP contribution in [0, 0.1) is 0 Å². The van der Waals surface area contributed by atoms with Gasteiger partial charge >= 0.3 is 0 Å². The van der Waals surface area contributed by atoms with E-state index in [2.05, 4.69) is 55.7 Å². The molecule has 0 bridgehead atoms. The van der Waals surface area contributed by atoms with Crippen LogP contribution in [0.2, 0.25) is 5.02 Å². The summed E-state index contributed by atoms with van der Waals surface area (Å²) in [6, 6.07) is 16.1. The van der Waals surface area contributed by atoms with Crippen molar-refractivity contribution in [3.63, 3.8) is 0 Å². The van der Waals surface area contributed by atoms with Crippen molar-refractivity contribution in [1.82, 2.24) is 5.32 Å². The van der Waals surface area contributed by atoms with Gasteiger partial charge in [-0.25, -0.2) is 0 Å². The van der Waals surface area contributed by atoms with Crippen molar-refractivity contribution in [2.24, 2.45) is 0 Å². The molecule has 1 amide bonds. The summed E-state index contributed by atoms with van der Waals surface area (Å²) >= 11 is 5.95. The third-order valence-electron chi connectivity index (χ3n) is 4.06. The number of carbonyl (C=O) groups excluding carboxylic acids is 1. The fourth-order valence-electron chi connectivity index (χ4n) is 2.54. The molecule has 0 aromatic heterocycles. The van der Waals surface area contributed by atoms with Crippen LogP contribution in [0.4, 0.5) is 5.69 Å². The van der Waals surface area contributed by atoms with E-state index in [1.807, 2.05) is 24.3 Å². The summed E-state index contributed by atoms with van der Waals surface area (Å²) in [5.74, 6) is 0.0563. The fourth-order valence-corrected chi connectivity index (χ4v) is 2.75. The number of benzene rings is 2. The van der Waals surface area contributed by atoms with Crippen LogP contribution in [0.1, 0.15) is 38.3 Å². The van der Waals surface area contributed by atoms with Crippen molar-refractivity contribution >= 4 is 23.2 Å². The molecule has 0 radical (unpaired) electrons. The number of anilines is 1. The quantitative estimate of drug-likeness (QED) is 0.746. The van der Waals surface area contributed by atoms with E-state index in [4.69, 9.17) is 11.6 Å². The Balaban J connectivity index is 1.66. The van der Waals surface area contributed by atoms with Gasteiger partial charge in [0, 0.05) is 30.2 Å². The Morgan fingerprint density at radius 1 is 1.04 bits per heavy atom. The summed E-state index contributed by atoms with van der Waals surface area (Å²) < 4.78 is 0. The van der Waals surface area contributed by atoms with Crippen molar-refractivity contribution in [3.05, 3.63) is 64.7 Å². The monoisotopic (exact) mass is 358 g/mol. The van der Waals surface area contributed by atoms with Gasteiger partial charge in [-0.2, -0.15) is 0 Å². The van der Waals surface area contributed by atoms with Crippen molar-refractivity contribution in [2.45, 2.75) is 39.0 Å². The van der Waals surface area contributed by atoms with Gasteiger partial charge in [0.15, 0.2) is 0 Å². The Morgan fingerprint density at radius 2 is 1.76 bits per heavy atom. The van der Waals surface area contributed by atoms with E-state index < -0.39 is 0 Å². The molecule has 0 fully saturated rings. The number of carbonyl (C=O) groups is 1. The molecule has 0 heterocycles. The molecule has 25 heavy (non-hydrogen) atoms. The maximum atomic E-state index is 11.9. The molecule has 0 aliphatic rings. The summed E-state index contributed by atoms with van der Waals surface area (Å²) in [6.07, 6.45) is 1.24. The smallest absolute Gasteiger partial charge is 0.221 e. The molecule has 2 rings (SSSR count). The summed E-state index contributed by atoms with van der Waals surface area (Å²) in [7, 11) is 0. The number of nitrogens with one attached hydrogen (secondary N) is 2. The van der Waals surface area contributed by atoms with Crippen LogP contribution in [0.3, 0.4) is 0 Å². The highest BCUT2D eigenvalue weighted by Crippen LogP contribution is 2.23. The molecule has 2 aromatic carbocycles. The summed E-state index contributed by atoms with van der Waals surface area (Å²) in [5.41, 5.74) is 3.63. The molecular weight excluding hydrogens is 332 g/mol. The molecule has 4 heteroatoms. The van der Waals surface area contributed by atoms with Gasteiger partial charge < -0.3 is 10.6 Å². The van der Waals surface area contributed by atoms with E-state index in [9.17, 15) is 4.79 Å². The highest BCUT2D eigenvalue weighted by molar-refractivity contribution is 6.30. The third kappa shape index (κ3) is 6.79. The van der Waals surface area contributed by atoms with Gasteiger partial charge in [-0.1, -0.05) is 56.6 Å². The van der Waals surface area contributed by atoms with Gasteiger partial charge in [0.2, 0.25) is 5.91 Å². The molecule has 134 valence electrons. The zero-order valence-electron chi connectivity index (χ0n) is 15.2. The van der Waals surface area contributed by atoms with Gasteiger partial charge in [0.1, 0.15) is 0 Å². The summed E-state index contributed by atoms with van der Waals surface area (Å²) in [4.78, 5) is 11.9. The van der Waals surface area contributed by atoms with E-state index in [-0.39, 0.29) is 11.3 Å². The van der Waals surface area contributed by atoms with Crippen LogP contribution < -0.4 is 10.6 Å². The highest BCUT2D eigenvalue weighted by Gasteiger charge is 2.12. The lowest BCUT2D eigenvalue weighted by Gasteiger charge is -2.19. The molecule has 3 nitrogen and oxygen atoms in total. The van der Waals surface area contributed by atoms with Crippen LogP contribution >= 0.6 is 11.6 Å². The predicted molar refractivity (Wildman–Crippen MR) is 106 cm³/mol. The lowest BCUT2D eigenvalue weighted by molar-refractivity contribution is -0.120. The minimum Gasteiger partial charge on any atom is -0.385 e. The molecule has 0 aliphatic carbocycles. The second-order valence-corrected chi connectivity index (χ2v) is 7.67. The molecule has 2 N–H and O–H groups in total. The lowest BCUT2D eigenvalue weighted by atomic mass is 9.87. The number of amides is 1. The first-order chi connectivity index (χ1) is 11.8. The first kappa shape index (κ1) is 19.3. The minimum absolute atomic E-state index is 0.0563. The fraction of sp³-hybridized carbons (Fsp3) is 0.381. The second kappa shape index (κ2) is 8.91. The standard InChI is InChI=1S/C21H27ClN2O/c1-21(2,3)17-7-9-19(10-8-17)23-14-12-20(25)24-13-11-16-5-4-6-18(22)15-16/h4-10,15,23H,11-14H2,1-3H3,(H,24,25). The van der Waals surface area contributed by atoms with Crippen LogP contribution in [0.5, 0.6) is 0 Å². The summed E-state index contributed by atoms with van der Waals surface area (Å²) in [6.45, 7) is 7.84. The minimum atomic E-state index is 0.0563. The maximum Gasteiger partial charge on any atom is 0.221 e. The lowest BCUT2D eigenvalue weighted by Crippen LogP contribution is -2.27. The predicted octanol–water partition coefficient (Wildman–Crippen LogP) is 4.80. The Labute approximate surface area is 155 Å². The maximum absolute atomic E-state index is 11.9. The summed E-state index contributed by atoms with van der Waals surface area (Å²) in [5, 5.41) is 6.96. The van der Waals surface area contributed by atoms with Gasteiger partial charge in [0.05, 0.1) is 0 Å². The molecule has 2 aromatic rings. The second-order valence-electron chi connectivity index (χ2n) is 7.23. The number of hydrogen-bond acceptors (Lipinski definition) is 2. The third-order valence-corrected chi connectivity index (χ3v) is 4.29. The normalized spacial score (nSPS) is 11.2. The molecule has 0 aliphatic heterocycles. The first-order valence-corrected chi connectivity index (χ1v) is 9.08. The number of rotatable bonds is 7. The Bertz CT molecular complexity index is 690. The van der Waals surface area contributed by atoms with Crippen LogP contribution in [0.25, 0.3) is 0 Å². The highest BCUT2D eigenvalue weighted by atomic mass is 35.5. The van der Waals surface area contributed by atoms with Gasteiger partial charge in [-0.3, -0.25) is 4.79 Å². The molecule has 0 unspecified atom stereocenters. The SMILES string of the molecule is CC(C)(C)c1ccc(NCCC(=O)NCCc2cccc(Cl)c2)cc1. The van der Waals surface area contributed by atoms with Crippen molar-refractivity contribution < 1.29 is 4.79 Å². The van der Waals surface area contributed by atoms with Gasteiger partial charge in [-0.05, 0) is 47.2 Å². The van der Waals surface area contributed by atoms with Crippen molar-refractivity contribution in [3.8, 4) is 0 Å². The Morgan fingerprint density at radius 3 is 2.40 bits per heavy atom. The van der Waals surface area contributed by atoms with E-state index in [0.29, 0.717) is 19.5 Å². The van der Waals surface area contributed by atoms with E-state index in [1.165, 1.54) is 5.56 Å². The zero-order valence-corrected chi connectivity index (χ0v) is 16.0. The molecule has 0 spiro atoms. The Hall–Kier alpha value is -2.00. The van der Waals surface area contributed by atoms with Crippen LogP contribution in [-0.4, -0.2) is 19.0 Å². The number of halogens is 1. The van der Waals surface area contributed by atoms with Crippen molar-refractivity contribution in [1.29, 1.82) is 0 Å². The van der Waals surface area contributed by atoms with Gasteiger partial charge in [0.25, 0.3) is 0 Å². The topological polar surface area (TPSA) is 41.1 Å². The number of hydrogen-bond donors (Lipinski definition) is 2. The molecular formula is C21H27ClN2O. The zero-order chi connectivity index (χ0) is 18.3. The van der Waals surface area contributed by atoms with Gasteiger partial charge in [-0.15, -0.1) is 0 Å². The molecule has 0 atom stereocenters. The average Bonchev–Trinajstić information content (AvgIpc) is 2.54. The average molecular weight is 359 g/mol. The largest absolute Gasteiger partial charge is 0.385 e. The van der Waals surface area contributed by atoms with E-state index in [0.717, 1.165) is 22.7 Å².